The highest BCUT2D eigenvalue weighted by molar-refractivity contribution is 5.71. The molecule has 0 radical (unpaired) electrons. The molecule has 24 heavy (non-hydrogen) atoms. The minimum atomic E-state index is -3.44. The van der Waals surface area contributed by atoms with Crippen LogP contribution < -0.4 is 17.0 Å². The number of aromatic amines is 1. The summed E-state index contributed by atoms with van der Waals surface area (Å²) in [6.07, 6.45) is 3.95. The number of hydrogen-bond donors (Lipinski definition) is 4. The monoisotopic (exact) mass is 339 g/mol. The first kappa shape index (κ1) is 16.2. The van der Waals surface area contributed by atoms with Crippen molar-refractivity contribution in [3.8, 4) is 12.3 Å². The van der Waals surface area contributed by atoms with Crippen LogP contribution >= 0.6 is 0 Å². The van der Waals surface area contributed by atoms with Crippen LogP contribution in [0.2, 0.25) is 0 Å². The normalized spacial score (nSPS) is 21.2. The van der Waals surface area contributed by atoms with Gasteiger partial charge in [0, 0.05) is 6.42 Å². The number of nitrogens with zero attached hydrogens (tertiary/aromatic N) is 3. The van der Waals surface area contributed by atoms with E-state index < -0.39 is 29.4 Å². The van der Waals surface area contributed by atoms with E-state index in [1.54, 1.807) is 0 Å². The maximum absolute atomic E-state index is 13.3. The van der Waals surface area contributed by atoms with E-state index >= 15 is 0 Å². The number of aliphatic hydroxyl groups is 2. The molecule has 128 valence electrons. The largest absolute Gasteiger partial charge is 0.369 e. The highest BCUT2D eigenvalue weighted by Gasteiger charge is 2.43. The van der Waals surface area contributed by atoms with Crippen molar-refractivity contribution in [3.63, 3.8) is 0 Å². The van der Waals surface area contributed by atoms with E-state index in [1.165, 1.54) is 0 Å². The molecule has 0 aliphatic carbocycles. The molecular weight excluding hydrogens is 325 g/mol. The van der Waals surface area contributed by atoms with Gasteiger partial charge in [0.1, 0.15) is 6.23 Å². The third-order valence-electron chi connectivity index (χ3n) is 3.86. The maximum Gasteiger partial charge on any atom is 0.333 e. The molecule has 2 unspecified atom stereocenters. The van der Waals surface area contributed by atoms with Gasteiger partial charge >= 0.3 is 11.7 Å². The van der Waals surface area contributed by atoms with Gasteiger partial charge in [-0.2, -0.15) is 9.37 Å². The zero-order valence-electron chi connectivity index (χ0n) is 12.3. The number of fused-ring (bicyclic) bond motifs is 1. The van der Waals surface area contributed by atoms with Crippen molar-refractivity contribution in [2.24, 2.45) is 5.92 Å². The number of imidazole rings is 1. The molecule has 0 bridgehead atoms. The van der Waals surface area contributed by atoms with Crippen LogP contribution in [0.4, 0.5) is 10.3 Å². The first-order valence-corrected chi connectivity index (χ1v) is 6.93. The lowest BCUT2D eigenvalue weighted by Gasteiger charge is -2.17. The fraction of sp³-hybridized carbons (Fsp3) is 0.462. The fourth-order valence-electron chi connectivity index (χ4n) is 2.74. The molecule has 2 atom stereocenters. The maximum atomic E-state index is 13.3. The number of terminal acetylenes is 1. The second kappa shape index (κ2) is 5.45. The molecule has 0 spiro atoms. The zero-order valence-corrected chi connectivity index (χ0v) is 12.3. The van der Waals surface area contributed by atoms with E-state index in [4.69, 9.17) is 27.1 Å². The summed E-state index contributed by atoms with van der Waals surface area (Å²) in [5, 5.41) is 18.1. The molecule has 1 aliphatic heterocycles. The predicted octanol–water partition coefficient (Wildman–Crippen LogP) is -1.76. The minimum Gasteiger partial charge on any atom is -0.369 e. The number of H-pyrrole nitrogens is 1. The molecule has 1 saturated heterocycles. The highest BCUT2D eigenvalue weighted by atomic mass is 19.2. The van der Waals surface area contributed by atoms with Crippen LogP contribution in [0.5, 0.6) is 0 Å². The Bertz CT molecular complexity index is 947. The average Bonchev–Trinajstić information content (AvgIpc) is 3.03. The number of alkyl halides is 1. The van der Waals surface area contributed by atoms with Gasteiger partial charge in [-0.15, -0.1) is 6.42 Å². The van der Waals surface area contributed by atoms with Crippen molar-refractivity contribution in [1.29, 1.82) is 0 Å². The summed E-state index contributed by atoms with van der Waals surface area (Å²) in [4.78, 5) is 30.9. The number of hydrogen-bond acceptors (Lipinski definition) is 7. The average molecular weight is 339 g/mol. The first-order valence-electron chi connectivity index (χ1n) is 6.93. The molecule has 11 heteroatoms. The molecule has 3 heterocycles. The highest BCUT2D eigenvalue weighted by Crippen LogP contribution is 2.34. The van der Waals surface area contributed by atoms with Gasteiger partial charge in [-0.05, 0) is 0 Å². The molecule has 2 aromatic heterocycles. The van der Waals surface area contributed by atoms with E-state index in [2.05, 4.69) is 15.9 Å². The molecule has 0 amide bonds. The van der Waals surface area contributed by atoms with Crippen molar-refractivity contribution in [2.75, 3.05) is 12.3 Å². The number of aromatic nitrogens is 4. The van der Waals surface area contributed by atoms with Gasteiger partial charge in [0.2, 0.25) is 5.95 Å². The number of nitrogens with one attached hydrogen (secondary N) is 1. The Kier molecular flexibility index (Phi) is 3.67. The Balaban J connectivity index is 2.19. The third kappa shape index (κ3) is 2.46. The summed E-state index contributed by atoms with van der Waals surface area (Å²) >= 11 is 0. The molecule has 0 saturated carbocycles. The van der Waals surface area contributed by atoms with E-state index in [-0.39, 0.29) is 36.7 Å². The number of nitrogen functional groups attached to an aromatic ring is 1. The minimum absolute atomic E-state index is 0.0810. The van der Waals surface area contributed by atoms with Crippen molar-refractivity contribution < 1.29 is 19.3 Å². The van der Waals surface area contributed by atoms with Gasteiger partial charge in [0.05, 0.1) is 19.1 Å². The van der Waals surface area contributed by atoms with Crippen molar-refractivity contribution in [3.05, 3.63) is 20.8 Å². The lowest BCUT2D eigenvalue weighted by atomic mass is 10.1. The molecule has 1 fully saturated rings. The van der Waals surface area contributed by atoms with Crippen molar-refractivity contribution in [1.82, 2.24) is 19.1 Å². The topological polar surface area (TPSA) is 148 Å². The molecule has 2 aromatic rings. The lowest BCUT2D eigenvalue weighted by molar-refractivity contribution is -0.290. The molecule has 1 aliphatic rings. The Hall–Kier alpha value is -2.68. The van der Waals surface area contributed by atoms with Gasteiger partial charge in [-0.25, -0.2) is 9.36 Å². The molecule has 3 rings (SSSR count). The van der Waals surface area contributed by atoms with Crippen LogP contribution in [0.1, 0.15) is 12.6 Å². The van der Waals surface area contributed by atoms with E-state index in [9.17, 15) is 14.0 Å². The Morgan fingerprint density at radius 3 is 2.83 bits per heavy atom. The van der Waals surface area contributed by atoms with Gasteiger partial charge in [-0.1, -0.05) is 5.92 Å². The molecular formula is C13H14FN5O5. The van der Waals surface area contributed by atoms with E-state index in [1.807, 2.05) is 0 Å². The first-order chi connectivity index (χ1) is 11.2. The summed E-state index contributed by atoms with van der Waals surface area (Å²) in [5.74, 6) is 0.764. The summed E-state index contributed by atoms with van der Waals surface area (Å²) in [5.41, 5.74) is 3.97. The van der Waals surface area contributed by atoms with Crippen molar-refractivity contribution >= 4 is 17.1 Å². The summed E-state index contributed by atoms with van der Waals surface area (Å²) in [6, 6.07) is -3.44. The summed E-state index contributed by atoms with van der Waals surface area (Å²) < 4.78 is 20.6. The van der Waals surface area contributed by atoms with Gasteiger partial charge in [0.25, 0.3) is 5.56 Å². The van der Waals surface area contributed by atoms with Crippen LogP contribution in [0.3, 0.4) is 0 Å². The smallest absolute Gasteiger partial charge is 0.333 e. The summed E-state index contributed by atoms with van der Waals surface area (Å²) in [7, 11) is 0. The zero-order chi connectivity index (χ0) is 17.6. The van der Waals surface area contributed by atoms with Crippen LogP contribution in [-0.4, -0.2) is 42.0 Å². The van der Waals surface area contributed by atoms with E-state index in [0.717, 1.165) is 9.13 Å². The number of nitrogens with two attached hydrogens (primary N) is 1. The van der Waals surface area contributed by atoms with Gasteiger partial charge in [0.15, 0.2) is 11.2 Å². The summed E-state index contributed by atoms with van der Waals surface area (Å²) in [6.45, 7) is -0.526. The number of rotatable bonds is 3. The molecule has 0 aromatic carbocycles. The number of anilines is 1. The Labute approximate surface area is 133 Å². The Morgan fingerprint density at radius 1 is 1.54 bits per heavy atom. The van der Waals surface area contributed by atoms with Gasteiger partial charge < -0.3 is 20.7 Å². The van der Waals surface area contributed by atoms with E-state index in [0.29, 0.717) is 0 Å². The number of ether oxygens (including phenoxy) is 1. The molecule has 5 N–H and O–H groups in total. The predicted molar refractivity (Wildman–Crippen MR) is 79.2 cm³/mol. The molecule has 10 nitrogen and oxygen atoms in total. The lowest BCUT2D eigenvalue weighted by Crippen LogP contribution is -2.33. The van der Waals surface area contributed by atoms with Crippen molar-refractivity contribution in [2.45, 2.75) is 25.2 Å². The van der Waals surface area contributed by atoms with Gasteiger partial charge in [-0.3, -0.25) is 14.3 Å². The van der Waals surface area contributed by atoms with Crippen LogP contribution in [-0.2, 0) is 11.3 Å². The SMILES string of the molecule is C#CCn1c(=O)n(C2CC(C(O)(O)F)CO2)c2nc(N)[nH]c(=O)c21. The fourth-order valence-corrected chi connectivity index (χ4v) is 2.74. The quantitative estimate of drug-likeness (QED) is 0.382. The Morgan fingerprint density at radius 2 is 2.25 bits per heavy atom. The number of halogens is 1. The van der Waals surface area contributed by atoms with Crippen LogP contribution in [0.25, 0.3) is 11.2 Å². The second-order valence-corrected chi connectivity index (χ2v) is 5.42. The standard InChI is InChI=1S/C13H14FN5O5/c1-2-3-18-8-9(16-11(15)17-10(8)20)19(12(18)21)7-4-6(5-24-7)13(14,22)23/h1,6-7,22-23H,3-5H2,(H3,15,16,17,20). The van der Waals surface area contributed by atoms with Crippen LogP contribution in [0, 0.1) is 18.3 Å². The third-order valence-corrected chi connectivity index (χ3v) is 3.86. The second-order valence-electron chi connectivity index (χ2n) is 5.42. The van der Waals surface area contributed by atoms with Crippen LogP contribution in [0.15, 0.2) is 9.59 Å².